The Morgan fingerprint density at radius 3 is 2.41 bits per heavy atom. The first-order chi connectivity index (χ1) is 12.8. The minimum absolute atomic E-state index is 0.180. The van der Waals surface area contributed by atoms with Gasteiger partial charge in [-0.3, -0.25) is 4.79 Å². The lowest BCUT2D eigenvalue weighted by Crippen LogP contribution is -2.41. The molecule has 3 aromatic rings. The number of hydrogen-bond donors (Lipinski definition) is 0. The van der Waals surface area contributed by atoms with Gasteiger partial charge in [-0.05, 0) is 45.3 Å². The molecule has 3 heterocycles. The Kier molecular flexibility index (Phi) is 4.12. The second-order valence-corrected chi connectivity index (χ2v) is 7.71. The minimum Gasteiger partial charge on any atom is -0.399 e. The molecule has 1 saturated heterocycles. The summed E-state index contributed by atoms with van der Waals surface area (Å²) in [6.07, 6.45) is 4.96. The van der Waals surface area contributed by atoms with E-state index in [2.05, 4.69) is 15.1 Å². The molecule has 0 N–H and O–H groups in total. The first kappa shape index (κ1) is 17.8. The highest BCUT2D eigenvalue weighted by Gasteiger charge is 2.51. The van der Waals surface area contributed by atoms with Gasteiger partial charge in [-0.25, -0.2) is 14.6 Å². The average Bonchev–Trinajstić information content (AvgIpc) is 2.86. The molecule has 0 saturated carbocycles. The molecule has 2 aromatic heterocycles. The van der Waals surface area contributed by atoms with Crippen LogP contribution in [0.3, 0.4) is 0 Å². The van der Waals surface area contributed by atoms with Crippen molar-refractivity contribution in [1.82, 2.24) is 19.7 Å². The van der Waals surface area contributed by atoms with Crippen LogP contribution in [0.1, 0.15) is 33.5 Å². The summed E-state index contributed by atoms with van der Waals surface area (Å²) >= 11 is 0. The van der Waals surface area contributed by atoms with Crippen LogP contribution in [-0.2, 0) is 15.9 Å². The molecule has 1 aliphatic rings. The molecule has 1 fully saturated rings. The van der Waals surface area contributed by atoms with Crippen molar-refractivity contribution >= 4 is 23.4 Å². The lowest BCUT2D eigenvalue weighted by Gasteiger charge is -2.32. The number of fused-ring (bicyclic) bond motifs is 1. The Balaban J connectivity index is 1.67. The Hall–Kier alpha value is -2.58. The first-order valence-electron chi connectivity index (χ1n) is 8.88. The van der Waals surface area contributed by atoms with Gasteiger partial charge in [0.05, 0.1) is 22.8 Å². The van der Waals surface area contributed by atoms with Crippen LogP contribution in [0.15, 0.2) is 47.7 Å². The first-order valence-corrected chi connectivity index (χ1v) is 8.88. The van der Waals surface area contributed by atoms with Crippen molar-refractivity contribution < 1.29 is 9.31 Å². The van der Waals surface area contributed by atoms with Gasteiger partial charge in [-0.2, -0.15) is 5.10 Å². The second kappa shape index (κ2) is 6.25. The number of rotatable bonds is 3. The van der Waals surface area contributed by atoms with Crippen molar-refractivity contribution in [3.8, 4) is 0 Å². The predicted octanol–water partition coefficient (Wildman–Crippen LogP) is 1.53. The zero-order chi connectivity index (χ0) is 19.2. The number of nitrogens with zero attached hydrogens (tertiary/aromatic N) is 4. The van der Waals surface area contributed by atoms with Crippen LogP contribution in [0.4, 0.5) is 0 Å². The quantitative estimate of drug-likeness (QED) is 0.656. The van der Waals surface area contributed by atoms with Crippen LogP contribution < -0.4 is 11.0 Å². The van der Waals surface area contributed by atoms with E-state index in [1.165, 1.54) is 4.68 Å². The van der Waals surface area contributed by atoms with Gasteiger partial charge in [0.2, 0.25) is 0 Å². The summed E-state index contributed by atoms with van der Waals surface area (Å²) in [5.74, 6) is 0.542. The molecule has 0 spiro atoms. The van der Waals surface area contributed by atoms with Crippen LogP contribution in [0, 0.1) is 0 Å². The van der Waals surface area contributed by atoms with Crippen molar-refractivity contribution in [2.24, 2.45) is 0 Å². The van der Waals surface area contributed by atoms with Gasteiger partial charge in [0.25, 0.3) is 5.56 Å². The average molecular weight is 364 g/mol. The summed E-state index contributed by atoms with van der Waals surface area (Å²) in [5, 5.41) is 5.60. The van der Waals surface area contributed by atoms with Crippen molar-refractivity contribution in [3.05, 3.63) is 59.0 Å². The lowest BCUT2D eigenvalue weighted by molar-refractivity contribution is 0.00578. The van der Waals surface area contributed by atoms with E-state index < -0.39 is 18.3 Å². The van der Waals surface area contributed by atoms with E-state index in [4.69, 9.17) is 9.31 Å². The van der Waals surface area contributed by atoms with Gasteiger partial charge in [0.1, 0.15) is 12.4 Å². The molecule has 7 nitrogen and oxygen atoms in total. The van der Waals surface area contributed by atoms with E-state index in [0.29, 0.717) is 11.2 Å². The Bertz CT molecular complexity index is 1030. The Morgan fingerprint density at radius 1 is 1.07 bits per heavy atom. The molecule has 0 amide bonds. The summed E-state index contributed by atoms with van der Waals surface area (Å²) in [5.41, 5.74) is -0.139. The van der Waals surface area contributed by atoms with E-state index in [9.17, 15) is 4.79 Å². The van der Waals surface area contributed by atoms with E-state index in [1.807, 2.05) is 39.8 Å². The molecule has 1 aliphatic heterocycles. The third kappa shape index (κ3) is 3.15. The molecule has 0 aliphatic carbocycles. The molecule has 0 radical (unpaired) electrons. The van der Waals surface area contributed by atoms with Crippen molar-refractivity contribution in [2.45, 2.75) is 45.4 Å². The zero-order valence-corrected chi connectivity index (χ0v) is 15.8. The van der Waals surface area contributed by atoms with Crippen LogP contribution in [0.2, 0.25) is 0 Å². The van der Waals surface area contributed by atoms with Gasteiger partial charge >= 0.3 is 7.12 Å². The third-order valence-corrected chi connectivity index (χ3v) is 5.31. The van der Waals surface area contributed by atoms with E-state index in [-0.39, 0.29) is 12.1 Å². The predicted molar refractivity (Wildman–Crippen MR) is 103 cm³/mol. The second-order valence-electron chi connectivity index (χ2n) is 7.71. The zero-order valence-electron chi connectivity index (χ0n) is 15.8. The Labute approximate surface area is 157 Å². The molecule has 1 aromatic carbocycles. The molecule has 0 atom stereocenters. The van der Waals surface area contributed by atoms with Gasteiger partial charge in [-0.1, -0.05) is 12.1 Å². The number of benzene rings is 1. The van der Waals surface area contributed by atoms with Crippen molar-refractivity contribution in [2.75, 3.05) is 0 Å². The highest BCUT2D eigenvalue weighted by atomic mass is 16.7. The largest absolute Gasteiger partial charge is 0.494 e. The Morgan fingerprint density at radius 2 is 1.74 bits per heavy atom. The molecule has 27 heavy (non-hydrogen) atoms. The molecule has 4 rings (SSSR count). The summed E-state index contributed by atoms with van der Waals surface area (Å²) in [4.78, 5) is 21.0. The maximum absolute atomic E-state index is 12.8. The maximum Gasteiger partial charge on any atom is 0.494 e. The van der Waals surface area contributed by atoms with Crippen molar-refractivity contribution in [1.29, 1.82) is 0 Å². The van der Waals surface area contributed by atoms with Gasteiger partial charge in [-0.15, -0.1) is 0 Å². The smallest absolute Gasteiger partial charge is 0.399 e. The van der Waals surface area contributed by atoms with E-state index >= 15 is 0 Å². The fourth-order valence-corrected chi connectivity index (χ4v) is 2.99. The highest BCUT2D eigenvalue weighted by Crippen LogP contribution is 2.36. The SMILES string of the molecule is CC1(C)OB(c2ccc3c(=O)n(Cc4ncccn4)ncc3c2)OC1(C)C. The summed E-state index contributed by atoms with van der Waals surface area (Å²) < 4.78 is 13.5. The topological polar surface area (TPSA) is 79.1 Å². The molecule has 0 bridgehead atoms. The van der Waals surface area contributed by atoms with Gasteiger partial charge < -0.3 is 9.31 Å². The maximum atomic E-state index is 12.8. The molecular formula is C19H21BN4O3. The monoisotopic (exact) mass is 364 g/mol. The summed E-state index contributed by atoms with van der Waals surface area (Å²) in [6, 6.07) is 7.30. The van der Waals surface area contributed by atoms with E-state index in [0.717, 1.165) is 10.8 Å². The fourth-order valence-electron chi connectivity index (χ4n) is 2.99. The number of hydrogen-bond acceptors (Lipinski definition) is 6. The van der Waals surface area contributed by atoms with Crippen LogP contribution in [0.25, 0.3) is 10.8 Å². The van der Waals surface area contributed by atoms with Crippen LogP contribution >= 0.6 is 0 Å². The standard InChI is InChI=1S/C19H21BN4O3/c1-18(2)19(3,4)27-20(26-18)14-6-7-15-13(10-14)11-23-24(17(15)25)12-16-21-8-5-9-22-16/h5-11H,12H2,1-4H3. The number of aromatic nitrogens is 4. The third-order valence-electron chi connectivity index (χ3n) is 5.31. The molecule has 138 valence electrons. The highest BCUT2D eigenvalue weighted by molar-refractivity contribution is 6.62. The van der Waals surface area contributed by atoms with Gasteiger partial charge in [0.15, 0.2) is 0 Å². The van der Waals surface area contributed by atoms with Gasteiger partial charge in [0, 0.05) is 17.8 Å². The summed E-state index contributed by atoms with van der Waals surface area (Å²) in [6.45, 7) is 8.29. The summed E-state index contributed by atoms with van der Waals surface area (Å²) in [7, 11) is -0.473. The lowest BCUT2D eigenvalue weighted by atomic mass is 9.78. The molecule has 0 unspecified atom stereocenters. The normalized spacial score (nSPS) is 18.1. The fraction of sp³-hybridized carbons (Fsp3) is 0.368. The van der Waals surface area contributed by atoms with Crippen LogP contribution in [0.5, 0.6) is 0 Å². The van der Waals surface area contributed by atoms with Crippen molar-refractivity contribution in [3.63, 3.8) is 0 Å². The minimum atomic E-state index is -0.473. The molecule has 8 heteroatoms. The molecular weight excluding hydrogens is 343 g/mol. The van der Waals surface area contributed by atoms with Crippen LogP contribution in [-0.4, -0.2) is 38.1 Å². The van der Waals surface area contributed by atoms with E-state index in [1.54, 1.807) is 30.7 Å².